The summed E-state index contributed by atoms with van der Waals surface area (Å²) in [5.41, 5.74) is 2.19. The van der Waals surface area contributed by atoms with Gasteiger partial charge in [-0.3, -0.25) is 9.69 Å². The average molecular weight is 495 g/mol. The Hall–Kier alpha value is -2.91. The third-order valence-electron chi connectivity index (χ3n) is 6.69. The lowest BCUT2D eigenvalue weighted by molar-refractivity contribution is -0.128. The highest BCUT2D eigenvalue weighted by Gasteiger charge is 2.23. The Morgan fingerprint density at radius 3 is 2.29 bits per heavy atom. The maximum atomic E-state index is 13.2. The Kier molecular flexibility index (Phi) is 7.63. The predicted octanol–water partition coefficient (Wildman–Crippen LogP) is 3.50. The monoisotopic (exact) mass is 494 g/mol. The summed E-state index contributed by atoms with van der Waals surface area (Å²) in [6.07, 6.45) is 2.47. The third-order valence-corrected chi connectivity index (χ3v) is 7.64. The smallest absolute Gasteiger partial charge is 0.233 e. The standard InChI is InChI=1S/C26H31FN6OS/c27-22-8-10-23(11-9-22)31-14-16-32(17-15-31)25(34)20-35-26-29-28-24(19-30-12-4-5-13-30)33(26)18-21-6-2-1-3-7-21/h1-3,6-11H,4-5,12-20H2. The van der Waals surface area contributed by atoms with Crippen LogP contribution in [0.3, 0.4) is 0 Å². The number of carbonyl (C=O) groups excluding carboxylic acids is 1. The van der Waals surface area contributed by atoms with Gasteiger partial charge in [0, 0.05) is 31.9 Å². The van der Waals surface area contributed by atoms with E-state index in [4.69, 9.17) is 0 Å². The van der Waals surface area contributed by atoms with Crippen molar-refractivity contribution in [2.45, 2.75) is 31.1 Å². The molecule has 0 atom stereocenters. The van der Waals surface area contributed by atoms with E-state index in [1.54, 1.807) is 12.1 Å². The highest BCUT2D eigenvalue weighted by atomic mass is 32.2. The minimum atomic E-state index is -0.233. The molecule has 2 aliphatic heterocycles. The van der Waals surface area contributed by atoms with Gasteiger partial charge in [0.25, 0.3) is 0 Å². The number of anilines is 1. The predicted molar refractivity (Wildman–Crippen MR) is 136 cm³/mol. The molecule has 0 bridgehead atoms. The Labute approximate surface area is 209 Å². The van der Waals surface area contributed by atoms with Gasteiger partial charge in [0.05, 0.1) is 18.8 Å². The Bertz CT molecular complexity index is 1110. The van der Waals surface area contributed by atoms with Crippen LogP contribution in [0.25, 0.3) is 0 Å². The number of nitrogens with zero attached hydrogens (tertiary/aromatic N) is 6. The molecule has 0 aliphatic carbocycles. The first-order valence-corrected chi connectivity index (χ1v) is 13.2. The number of hydrogen-bond donors (Lipinski definition) is 0. The van der Waals surface area contributed by atoms with Gasteiger partial charge in [-0.25, -0.2) is 4.39 Å². The molecule has 2 aliphatic rings. The molecule has 0 N–H and O–H groups in total. The molecule has 2 saturated heterocycles. The molecule has 5 rings (SSSR count). The lowest BCUT2D eigenvalue weighted by Gasteiger charge is -2.36. The maximum Gasteiger partial charge on any atom is 0.233 e. The van der Waals surface area contributed by atoms with Crippen LogP contribution in [0.4, 0.5) is 10.1 Å². The summed E-state index contributed by atoms with van der Waals surface area (Å²) in [6, 6.07) is 16.9. The fraction of sp³-hybridized carbons (Fsp3) is 0.423. The molecule has 184 valence electrons. The highest BCUT2D eigenvalue weighted by molar-refractivity contribution is 7.99. The van der Waals surface area contributed by atoms with Crippen molar-refractivity contribution in [2.75, 3.05) is 49.9 Å². The largest absolute Gasteiger partial charge is 0.368 e. The lowest BCUT2D eigenvalue weighted by Crippen LogP contribution is -2.49. The Morgan fingerprint density at radius 1 is 0.857 bits per heavy atom. The van der Waals surface area contributed by atoms with E-state index in [0.29, 0.717) is 25.4 Å². The molecule has 7 nitrogen and oxygen atoms in total. The summed E-state index contributed by atoms with van der Waals surface area (Å²) in [4.78, 5) is 19.5. The fourth-order valence-electron chi connectivity index (χ4n) is 4.69. The number of piperazine rings is 1. The normalized spacial score (nSPS) is 16.7. The second-order valence-electron chi connectivity index (χ2n) is 9.09. The third kappa shape index (κ3) is 6.02. The molecule has 3 aromatic rings. The minimum absolute atomic E-state index is 0.115. The summed E-state index contributed by atoms with van der Waals surface area (Å²) in [5, 5.41) is 9.77. The van der Waals surface area contributed by atoms with Gasteiger partial charge in [0.2, 0.25) is 5.91 Å². The quantitative estimate of drug-likeness (QED) is 0.447. The van der Waals surface area contributed by atoms with Crippen LogP contribution < -0.4 is 4.90 Å². The van der Waals surface area contributed by atoms with Gasteiger partial charge in [0.1, 0.15) is 11.6 Å². The Balaban J connectivity index is 1.20. The number of thioether (sulfide) groups is 1. The highest BCUT2D eigenvalue weighted by Crippen LogP contribution is 2.22. The van der Waals surface area contributed by atoms with Crippen LogP contribution in [-0.2, 0) is 17.9 Å². The molecule has 0 spiro atoms. The van der Waals surface area contributed by atoms with Crippen LogP contribution in [0.5, 0.6) is 0 Å². The maximum absolute atomic E-state index is 13.2. The Morgan fingerprint density at radius 2 is 1.57 bits per heavy atom. The molecule has 0 unspecified atom stereocenters. The van der Waals surface area contributed by atoms with Crippen LogP contribution in [0.2, 0.25) is 0 Å². The first-order valence-electron chi connectivity index (χ1n) is 12.3. The van der Waals surface area contributed by atoms with Gasteiger partial charge < -0.3 is 14.4 Å². The zero-order chi connectivity index (χ0) is 24.0. The zero-order valence-corrected chi connectivity index (χ0v) is 20.7. The van der Waals surface area contributed by atoms with Crippen molar-refractivity contribution >= 4 is 23.4 Å². The SMILES string of the molecule is O=C(CSc1nnc(CN2CCCC2)n1Cc1ccccc1)N1CCN(c2ccc(F)cc2)CC1. The lowest BCUT2D eigenvalue weighted by atomic mass is 10.2. The first-order chi connectivity index (χ1) is 17.2. The number of halogens is 1. The number of likely N-dealkylation sites (tertiary alicyclic amines) is 1. The van der Waals surface area contributed by atoms with E-state index in [1.807, 2.05) is 23.1 Å². The van der Waals surface area contributed by atoms with Gasteiger partial charge >= 0.3 is 0 Å². The van der Waals surface area contributed by atoms with E-state index in [0.717, 1.165) is 49.4 Å². The number of hydrogen-bond acceptors (Lipinski definition) is 6. The van der Waals surface area contributed by atoms with Crippen LogP contribution in [0, 0.1) is 5.82 Å². The second kappa shape index (κ2) is 11.2. The van der Waals surface area contributed by atoms with Crippen molar-refractivity contribution in [3.05, 3.63) is 71.8 Å². The molecular formula is C26H31FN6OS. The van der Waals surface area contributed by atoms with Crippen molar-refractivity contribution < 1.29 is 9.18 Å². The molecule has 2 fully saturated rings. The van der Waals surface area contributed by atoms with Crippen molar-refractivity contribution in [3.8, 4) is 0 Å². The number of amides is 1. The first kappa shape index (κ1) is 23.8. The van der Waals surface area contributed by atoms with Gasteiger partial charge in [0.15, 0.2) is 5.16 Å². The van der Waals surface area contributed by atoms with E-state index < -0.39 is 0 Å². The van der Waals surface area contributed by atoms with E-state index in [2.05, 4.69) is 36.7 Å². The molecule has 0 radical (unpaired) electrons. The molecule has 3 heterocycles. The van der Waals surface area contributed by atoms with Gasteiger partial charge in [-0.2, -0.15) is 0 Å². The minimum Gasteiger partial charge on any atom is -0.368 e. The van der Waals surface area contributed by atoms with Crippen molar-refractivity contribution in [1.29, 1.82) is 0 Å². The van der Waals surface area contributed by atoms with Gasteiger partial charge in [-0.1, -0.05) is 42.1 Å². The molecule has 1 aromatic heterocycles. The van der Waals surface area contributed by atoms with E-state index in [1.165, 1.54) is 42.3 Å². The molecule has 9 heteroatoms. The summed E-state index contributed by atoms with van der Waals surface area (Å²) in [6.45, 7) is 6.50. The number of benzene rings is 2. The van der Waals surface area contributed by atoms with Gasteiger partial charge in [-0.05, 0) is 55.8 Å². The molecule has 2 aromatic carbocycles. The topological polar surface area (TPSA) is 57.5 Å². The molecule has 35 heavy (non-hydrogen) atoms. The summed E-state index contributed by atoms with van der Waals surface area (Å²) >= 11 is 1.47. The van der Waals surface area contributed by atoms with Crippen LogP contribution in [-0.4, -0.2) is 75.5 Å². The van der Waals surface area contributed by atoms with E-state index in [-0.39, 0.29) is 11.7 Å². The summed E-state index contributed by atoms with van der Waals surface area (Å²) < 4.78 is 15.4. The van der Waals surface area contributed by atoms with Crippen LogP contribution in [0.1, 0.15) is 24.2 Å². The summed E-state index contributed by atoms with van der Waals surface area (Å²) in [7, 11) is 0. The molecule has 1 amide bonds. The van der Waals surface area contributed by atoms with Crippen molar-refractivity contribution in [3.63, 3.8) is 0 Å². The van der Waals surface area contributed by atoms with Crippen molar-refractivity contribution in [2.24, 2.45) is 0 Å². The number of rotatable bonds is 8. The van der Waals surface area contributed by atoms with Crippen molar-refractivity contribution in [1.82, 2.24) is 24.6 Å². The molecular weight excluding hydrogens is 463 g/mol. The van der Waals surface area contributed by atoms with E-state index >= 15 is 0 Å². The van der Waals surface area contributed by atoms with Crippen LogP contribution in [0.15, 0.2) is 59.8 Å². The molecule has 0 saturated carbocycles. The zero-order valence-electron chi connectivity index (χ0n) is 19.9. The fourth-order valence-corrected chi connectivity index (χ4v) is 5.55. The second-order valence-corrected chi connectivity index (χ2v) is 10.0. The summed E-state index contributed by atoms with van der Waals surface area (Å²) in [5.74, 6) is 1.18. The average Bonchev–Trinajstić information content (AvgIpc) is 3.54. The number of aromatic nitrogens is 3. The van der Waals surface area contributed by atoms with Gasteiger partial charge in [-0.15, -0.1) is 10.2 Å². The van der Waals surface area contributed by atoms with Crippen LogP contribution >= 0.6 is 11.8 Å². The van der Waals surface area contributed by atoms with E-state index in [9.17, 15) is 9.18 Å². The number of carbonyl (C=O) groups is 1.